The number of para-hydroxylation sites is 2. The minimum absolute atomic E-state index is 0.364. The van der Waals surface area contributed by atoms with Crippen molar-refractivity contribution in [3.63, 3.8) is 0 Å². The minimum Gasteiger partial charge on any atom is -0.341 e. The van der Waals surface area contributed by atoms with Gasteiger partial charge in [-0.05, 0) is 55.7 Å². The molecular weight excluding hydrogens is 542 g/mol. The lowest BCUT2D eigenvalue weighted by molar-refractivity contribution is -0.155. The molecule has 8 nitrogen and oxygen atoms in total. The van der Waals surface area contributed by atoms with E-state index in [4.69, 9.17) is 0 Å². The highest BCUT2D eigenvalue weighted by atomic mass is 16.2. The Morgan fingerprint density at radius 1 is 0.628 bits per heavy atom. The lowest BCUT2D eigenvalue weighted by Gasteiger charge is -2.63. The van der Waals surface area contributed by atoms with Gasteiger partial charge in [0.1, 0.15) is 0 Å². The monoisotopic (exact) mass is 571 g/mol. The van der Waals surface area contributed by atoms with Crippen LogP contribution in [0.4, 0.5) is 11.4 Å². The maximum atomic E-state index is 14.6. The molecule has 2 heterocycles. The summed E-state index contributed by atoms with van der Waals surface area (Å²) >= 11 is 0. The smallest absolute Gasteiger partial charge is 0.252 e. The highest BCUT2D eigenvalue weighted by Crippen LogP contribution is 2.71. The van der Waals surface area contributed by atoms with Gasteiger partial charge in [-0.3, -0.25) is 24.0 Å². The molecule has 9 rings (SSSR count). The van der Waals surface area contributed by atoms with E-state index < -0.39 is 52.3 Å². The van der Waals surface area contributed by atoms with Crippen LogP contribution in [0, 0.1) is 29.1 Å². The number of nitrogens with zero attached hydrogens (tertiary/aromatic N) is 2. The summed E-state index contributed by atoms with van der Waals surface area (Å²) in [5, 5.41) is 3.14. The fourth-order valence-electron chi connectivity index (χ4n) is 8.95. The molecule has 5 amide bonds. The van der Waals surface area contributed by atoms with Gasteiger partial charge in [-0.1, -0.05) is 72.7 Å². The van der Waals surface area contributed by atoms with Gasteiger partial charge in [0, 0.05) is 11.0 Å². The Balaban J connectivity index is 1.38. The zero-order valence-electron chi connectivity index (χ0n) is 23.3. The van der Waals surface area contributed by atoms with Gasteiger partial charge in [-0.2, -0.15) is 0 Å². The first kappa shape index (κ1) is 25.8. The Morgan fingerprint density at radius 2 is 1.09 bits per heavy atom. The number of hydrogen-bond donors (Lipinski definition) is 1. The lowest BCUT2D eigenvalue weighted by atomic mass is 9.39. The second-order valence-corrected chi connectivity index (χ2v) is 12.3. The molecule has 6 aliphatic rings. The predicted octanol–water partition coefficient (Wildman–Crippen LogP) is 4.28. The van der Waals surface area contributed by atoms with Crippen molar-refractivity contribution in [2.75, 3.05) is 9.80 Å². The molecule has 2 saturated heterocycles. The van der Waals surface area contributed by atoms with Gasteiger partial charge in [0.2, 0.25) is 23.6 Å². The lowest BCUT2D eigenvalue weighted by Crippen LogP contribution is -2.74. The average molecular weight is 572 g/mol. The Morgan fingerprint density at radius 3 is 1.60 bits per heavy atom. The number of carbonyl (C=O) groups excluding carboxylic acids is 5. The fraction of sp³-hybridized carbons (Fsp3) is 0.286. The van der Waals surface area contributed by atoms with Crippen molar-refractivity contribution in [3.8, 4) is 0 Å². The predicted molar refractivity (Wildman–Crippen MR) is 157 cm³/mol. The molecule has 4 fully saturated rings. The average Bonchev–Trinajstić information content (AvgIpc) is 3.49. The van der Waals surface area contributed by atoms with Crippen molar-refractivity contribution >= 4 is 40.9 Å². The molecule has 8 heteroatoms. The van der Waals surface area contributed by atoms with Crippen molar-refractivity contribution in [2.45, 2.75) is 31.2 Å². The standard InChI is InChI=1S/C35H29N3O5/c39-29(21-12-4-1-5-13-21)36-35-20-22-14-10-11-19-34(22,25-27(35)32(42)37(30(25)40)23-15-6-2-7-16-23)26-28(35)33(43)38(31(26)41)24-17-8-3-9-18-24/h1-9,12-13,15-18,20,25-28H,10-11,14,19H2,(H,36,39). The number of imide groups is 2. The van der Waals surface area contributed by atoms with Gasteiger partial charge >= 0.3 is 0 Å². The van der Waals surface area contributed by atoms with Crippen molar-refractivity contribution in [2.24, 2.45) is 29.1 Å². The topological polar surface area (TPSA) is 104 Å². The molecule has 2 aliphatic heterocycles. The molecule has 1 N–H and O–H groups in total. The molecule has 2 saturated carbocycles. The first-order valence-electron chi connectivity index (χ1n) is 14.9. The number of benzene rings is 3. The molecule has 4 unspecified atom stereocenters. The summed E-state index contributed by atoms with van der Waals surface area (Å²) < 4.78 is 0. The number of rotatable bonds is 4. The van der Waals surface area contributed by atoms with Crippen molar-refractivity contribution in [1.29, 1.82) is 0 Å². The molecule has 0 radical (unpaired) electrons. The van der Waals surface area contributed by atoms with Crippen molar-refractivity contribution < 1.29 is 24.0 Å². The van der Waals surface area contributed by atoms with Crippen LogP contribution in [-0.4, -0.2) is 35.1 Å². The van der Waals surface area contributed by atoms with E-state index in [1.807, 2.05) is 18.2 Å². The summed E-state index contributed by atoms with van der Waals surface area (Å²) in [6.07, 6.45) is 4.70. The summed E-state index contributed by atoms with van der Waals surface area (Å²) in [4.78, 5) is 74.7. The highest BCUT2D eigenvalue weighted by molar-refractivity contribution is 6.28. The minimum atomic E-state index is -1.57. The third-order valence-corrected chi connectivity index (χ3v) is 10.4. The van der Waals surface area contributed by atoms with Crippen LogP contribution >= 0.6 is 0 Å². The Labute approximate surface area is 248 Å². The number of hydrogen-bond acceptors (Lipinski definition) is 5. The summed E-state index contributed by atoms with van der Waals surface area (Å²) in [6, 6.07) is 26.2. The van der Waals surface area contributed by atoms with E-state index in [9.17, 15) is 24.0 Å². The maximum absolute atomic E-state index is 14.6. The third kappa shape index (κ3) is 3.23. The van der Waals surface area contributed by atoms with Gasteiger partial charge in [0.25, 0.3) is 5.91 Å². The van der Waals surface area contributed by atoms with Gasteiger partial charge in [-0.15, -0.1) is 0 Å². The van der Waals surface area contributed by atoms with Crippen LogP contribution in [0.2, 0.25) is 0 Å². The number of anilines is 2. The van der Waals surface area contributed by atoms with E-state index in [1.54, 1.807) is 78.9 Å². The molecular formula is C35H29N3O5. The van der Waals surface area contributed by atoms with Gasteiger partial charge < -0.3 is 5.32 Å². The molecule has 1 spiro atoms. The van der Waals surface area contributed by atoms with Crippen LogP contribution in [-0.2, 0) is 19.2 Å². The van der Waals surface area contributed by atoms with E-state index >= 15 is 0 Å². The molecule has 3 aromatic carbocycles. The summed E-state index contributed by atoms with van der Waals surface area (Å²) in [5.41, 5.74) is -0.399. The van der Waals surface area contributed by atoms with Gasteiger partial charge in [0.05, 0.1) is 40.6 Å². The normalized spacial score (nSPS) is 32.3. The Kier molecular flexibility index (Phi) is 5.45. The number of carbonyl (C=O) groups is 5. The number of amides is 5. The Hall–Kier alpha value is -4.85. The molecule has 2 bridgehead atoms. The number of nitrogens with one attached hydrogen (secondary N) is 1. The van der Waals surface area contributed by atoms with Crippen LogP contribution in [0.1, 0.15) is 36.0 Å². The van der Waals surface area contributed by atoms with Gasteiger partial charge in [0.15, 0.2) is 0 Å². The molecule has 0 aromatic heterocycles. The van der Waals surface area contributed by atoms with E-state index in [-0.39, 0.29) is 11.8 Å². The molecule has 43 heavy (non-hydrogen) atoms. The zero-order valence-corrected chi connectivity index (χ0v) is 23.3. The largest absolute Gasteiger partial charge is 0.341 e. The van der Waals surface area contributed by atoms with E-state index in [2.05, 4.69) is 5.32 Å². The Bertz CT molecular complexity index is 1650. The van der Waals surface area contributed by atoms with Crippen molar-refractivity contribution in [1.82, 2.24) is 5.32 Å². The fourth-order valence-corrected chi connectivity index (χ4v) is 8.95. The van der Waals surface area contributed by atoms with E-state index in [1.165, 1.54) is 9.80 Å². The third-order valence-electron chi connectivity index (χ3n) is 10.4. The van der Waals surface area contributed by atoms with Crippen molar-refractivity contribution in [3.05, 3.63) is 108 Å². The first-order valence-corrected chi connectivity index (χ1v) is 14.9. The van der Waals surface area contributed by atoms with Crippen LogP contribution < -0.4 is 15.1 Å². The second-order valence-electron chi connectivity index (χ2n) is 12.3. The van der Waals surface area contributed by atoms with E-state index in [0.717, 1.165) is 18.4 Å². The SMILES string of the molecule is O=C(NC12C=C3CCCCC3(C3C(=O)N(c4ccccc4)C(=O)C31)C1C(=O)N(c3ccccc3)C(=O)C12)c1ccccc1. The second kappa shape index (κ2) is 9.07. The molecule has 214 valence electrons. The maximum Gasteiger partial charge on any atom is 0.252 e. The number of allylic oxidation sites excluding steroid dienone is 1. The summed E-state index contributed by atoms with van der Waals surface area (Å²) in [5.74, 6) is -5.95. The zero-order chi connectivity index (χ0) is 29.5. The van der Waals surface area contributed by atoms with Gasteiger partial charge in [-0.25, -0.2) is 9.80 Å². The highest BCUT2D eigenvalue weighted by Gasteiger charge is 2.81. The molecule has 4 atom stereocenters. The molecule has 3 aromatic rings. The van der Waals surface area contributed by atoms with Crippen LogP contribution in [0.5, 0.6) is 0 Å². The van der Waals surface area contributed by atoms with Crippen LogP contribution in [0.3, 0.4) is 0 Å². The van der Waals surface area contributed by atoms with E-state index in [0.29, 0.717) is 29.8 Å². The quantitative estimate of drug-likeness (QED) is 0.372. The first-order chi connectivity index (χ1) is 20.9. The molecule has 4 aliphatic carbocycles. The van der Waals surface area contributed by atoms with Crippen LogP contribution in [0.15, 0.2) is 103 Å². The summed E-state index contributed by atoms with van der Waals surface area (Å²) in [7, 11) is 0. The summed E-state index contributed by atoms with van der Waals surface area (Å²) in [6.45, 7) is 0. The van der Waals surface area contributed by atoms with Crippen LogP contribution in [0.25, 0.3) is 0 Å².